The normalized spacial score (nSPS) is 11.1. The van der Waals surface area contributed by atoms with E-state index in [1.54, 1.807) is 24.3 Å². The van der Waals surface area contributed by atoms with Crippen LogP contribution in [0.25, 0.3) is 32.4 Å². The Morgan fingerprint density at radius 1 is 1.00 bits per heavy atom. The highest BCUT2D eigenvalue weighted by Gasteiger charge is 2.19. The number of hydrogen-bond acceptors (Lipinski definition) is 5. The van der Waals surface area contributed by atoms with Gasteiger partial charge in [-0.2, -0.15) is 0 Å². The first-order valence-electron chi connectivity index (χ1n) is 6.52. The molecule has 2 aromatic heterocycles. The average Bonchev–Trinajstić information content (AvgIpc) is 3.11. The fraction of sp³-hybridized carbons (Fsp3) is 0. The van der Waals surface area contributed by atoms with Crippen molar-refractivity contribution in [2.45, 2.75) is 0 Å². The van der Waals surface area contributed by atoms with E-state index < -0.39 is 0 Å². The van der Waals surface area contributed by atoms with Crippen molar-refractivity contribution in [1.29, 1.82) is 0 Å². The first kappa shape index (κ1) is 13.3. The van der Waals surface area contributed by atoms with Crippen molar-refractivity contribution in [3.63, 3.8) is 0 Å². The van der Waals surface area contributed by atoms with Crippen LogP contribution in [0.5, 0.6) is 5.95 Å². The van der Waals surface area contributed by atoms with Crippen LogP contribution in [0, 0.1) is 0 Å². The number of hydrogen-bond donors (Lipinski definition) is 1. The van der Waals surface area contributed by atoms with Crippen molar-refractivity contribution in [3.05, 3.63) is 53.6 Å². The van der Waals surface area contributed by atoms with Gasteiger partial charge in [-0.25, -0.2) is 9.97 Å². The molecule has 0 aliphatic carbocycles. The number of aromatic nitrogens is 2. The van der Waals surface area contributed by atoms with Gasteiger partial charge in [0.25, 0.3) is 0 Å². The van der Waals surface area contributed by atoms with Crippen LogP contribution in [0.2, 0.25) is 5.02 Å². The molecule has 0 bridgehead atoms. The van der Waals surface area contributed by atoms with E-state index in [2.05, 4.69) is 9.97 Å². The van der Waals surface area contributed by atoms with Gasteiger partial charge in [0.2, 0.25) is 5.89 Å². The highest BCUT2D eigenvalue weighted by molar-refractivity contribution is 7.21. The Kier molecular flexibility index (Phi) is 3.10. The molecule has 0 fully saturated rings. The number of oxazole rings is 1. The van der Waals surface area contributed by atoms with E-state index in [9.17, 15) is 5.11 Å². The number of nitrogens with zero attached hydrogens (tertiary/aromatic N) is 2. The summed E-state index contributed by atoms with van der Waals surface area (Å²) in [5, 5.41) is 11.3. The van der Waals surface area contributed by atoms with Crippen LogP contribution in [0.15, 0.2) is 52.9 Å². The molecule has 0 aliphatic heterocycles. The van der Waals surface area contributed by atoms with Gasteiger partial charge in [-0.05, 0) is 36.4 Å². The summed E-state index contributed by atoms with van der Waals surface area (Å²) in [6.45, 7) is 0. The topological polar surface area (TPSA) is 59.2 Å². The Labute approximate surface area is 134 Å². The lowest BCUT2D eigenvalue weighted by Crippen LogP contribution is -1.79. The first-order valence-corrected chi connectivity index (χ1v) is 7.72. The van der Waals surface area contributed by atoms with Crippen LogP contribution in [0.4, 0.5) is 0 Å². The van der Waals surface area contributed by atoms with Gasteiger partial charge in [-0.3, -0.25) is 0 Å². The molecule has 2 heterocycles. The molecule has 4 nitrogen and oxygen atoms in total. The summed E-state index contributed by atoms with van der Waals surface area (Å²) in [5.74, 6) is 0.104. The summed E-state index contributed by atoms with van der Waals surface area (Å²) in [6, 6.07) is 14.8. The fourth-order valence-corrected chi connectivity index (χ4v) is 3.21. The highest BCUT2D eigenvalue weighted by Crippen LogP contribution is 2.37. The molecule has 0 spiro atoms. The van der Waals surface area contributed by atoms with Gasteiger partial charge in [-0.15, -0.1) is 11.3 Å². The first-order chi connectivity index (χ1) is 10.7. The third kappa shape index (κ3) is 2.24. The van der Waals surface area contributed by atoms with Crippen molar-refractivity contribution in [2.24, 2.45) is 0 Å². The number of para-hydroxylation sites is 1. The maximum atomic E-state index is 10.0. The average molecular weight is 329 g/mol. The highest BCUT2D eigenvalue weighted by atomic mass is 35.5. The Balaban J connectivity index is 1.81. The molecule has 22 heavy (non-hydrogen) atoms. The van der Waals surface area contributed by atoms with E-state index in [-0.39, 0.29) is 5.95 Å². The lowest BCUT2D eigenvalue weighted by Gasteiger charge is -1.93. The van der Waals surface area contributed by atoms with Crippen molar-refractivity contribution in [2.75, 3.05) is 0 Å². The van der Waals surface area contributed by atoms with Crippen LogP contribution in [0.3, 0.4) is 0 Å². The van der Waals surface area contributed by atoms with Gasteiger partial charge in [0, 0.05) is 10.6 Å². The third-order valence-corrected chi connectivity index (χ3v) is 4.49. The maximum absolute atomic E-state index is 10.0. The summed E-state index contributed by atoms with van der Waals surface area (Å²) >= 11 is 7.33. The molecule has 0 radical (unpaired) electrons. The molecule has 4 rings (SSSR count). The molecule has 0 amide bonds. The van der Waals surface area contributed by atoms with Crippen LogP contribution < -0.4 is 0 Å². The molecule has 0 aliphatic rings. The quantitative estimate of drug-likeness (QED) is 0.564. The Morgan fingerprint density at radius 2 is 1.77 bits per heavy atom. The van der Waals surface area contributed by atoms with Crippen LogP contribution in [0.1, 0.15) is 0 Å². The summed E-state index contributed by atoms with van der Waals surface area (Å²) in [7, 11) is 0. The molecule has 4 aromatic rings. The third-order valence-electron chi connectivity index (χ3n) is 3.20. The molecule has 0 atom stereocenters. The zero-order valence-corrected chi connectivity index (χ0v) is 12.7. The number of thiazole rings is 1. The molecular formula is C16H9ClN2O2S. The van der Waals surface area contributed by atoms with E-state index in [1.807, 2.05) is 24.3 Å². The van der Waals surface area contributed by atoms with Gasteiger partial charge >= 0.3 is 5.95 Å². The van der Waals surface area contributed by atoms with Crippen LogP contribution in [-0.2, 0) is 0 Å². The molecule has 6 heteroatoms. The minimum Gasteiger partial charge on any atom is -0.479 e. The molecule has 0 saturated heterocycles. The molecule has 0 saturated carbocycles. The van der Waals surface area contributed by atoms with Gasteiger partial charge in [0.15, 0.2) is 10.7 Å². The SMILES string of the molecule is Oc1oc(-c2ccc(Cl)cc2)nc1-c1nc2ccccc2s1. The number of aromatic hydroxyl groups is 1. The molecular weight excluding hydrogens is 320 g/mol. The van der Waals surface area contributed by atoms with Crippen LogP contribution >= 0.6 is 22.9 Å². The summed E-state index contributed by atoms with van der Waals surface area (Å²) < 4.78 is 6.39. The van der Waals surface area contributed by atoms with Crippen molar-refractivity contribution in [3.8, 4) is 28.1 Å². The smallest absolute Gasteiger partial charge is 0.313 e. The summed E-state index contributed by atoms with van der Waals surface area (Å²) in [6.07, 6.45) is 0. The largest absolute Gasteiger partial charge is 0.479 e. The summed E-state index contributed by atoms with van der Waals surface area (Å²) in [5.41, 5.74) is 1.97. The Bertz CT molecular complexity index is 927. The maximum Gasteiger partial charge on any atom is 0.313 e. The Morgan fingerprint density at radius 3 is 2.55 bits per heavy atom. The van der Waals surface area contributed by atoms with E-state index in [0.29, 0.717) is 21.6 Å². The minimum atomic E-state index is -0.232. The van der Waals surface area contributed by atoms with Crippen molar-refractivity contribution >= 4 is 33.2 Å². The second kappa shape index (κ2) is 5.12. The lowest BCUT2D eigenvalue weighted by atomic mass is 10.2. The van der Waals surface area contributed by atoms with E-state index in [4.69, 9.17) is 16.0 Å². The number of fused-ring (bicyclic) bond motifs is 1. The molecule has 108 valence electrons. The van der Waals surface area contributed by atoms with Gasteiger partial charge in [0.1, 0.15) is 0 Å². The molecule has 0 unspecified atom stereocenters. The van der Waals surface area contributed by atoms with Crippen molar-refractivity contribution < 1.29 is 9.52 Å². The second-order valence-corrected chi connectivity index (χ2v) is 6.13. The molecule has 1 N–H and O–H groups in total. The predicted molar refractivity (Wildman–Crippen MR) is 87.2 cm³/mol. The number of benzene rings is 2. The Hall–Kier alpha value is -2.37. The van der Waals surface area contributed by atoms with Gasteiger partial charge in [0.05, 0.1) is 10.2 Å². The summed E-state index contributed by atoms with van der Waals surface area (Å²) in [4.78, 5) is 8.84. The van der Waals surface area contributed by atoms with E-state index in [1.165, 1.54) is 11.3 Å². The molecule has 2 aromatic carbocycles. The number of rotatable bonds is 2. The van der Waals surface area contributed by atoms with Crippen LogP contribution in [-0.4, -0.2) is 15.1 Å². The van der Waals surface area contributed by atoms with Gasteiger partial charge < -0.3 is 9.52 Å². The lowest BCUT2D eigenvalue weighted by molar-refractivity contribution is 0.339. The second-order valence-electron chi connectivity index (χ2n) is 4.67. The monoisotopic (exact) mass is 328 g/mol. The van der Waals surface area contributed by atoms with E-state index >= 15 is 0 Å². The van der Waals surface area contributed by atoms with Crippen molar-refractivity contribution in [1.82, 2.24) is 9.97 Å². The zero-order chi connectivity index (χ0) is 15.1. The standard InChI is InChI=1S/C16H9ClN2O2S/c17-10-7-5-9(6-8-10)14-19-13(16(20)21-14)15-18-11-3-1-2-4-12(11)22-15/h1-8,20H. The van der Waals surface area contributed by atoms with E-state index in [0.717, 1.165) is 15.8 Å². The minimum absolute atomic E-state index is 0.232. The fourth-order valence-electron chi connectivity index (χ4n) is 2.14. The predicted octanol–water partition coefficient (Wildman–Crippen LogP) is 4.98. The number of halogens is 1. The van der Waals surface area contributed by atoms with Gasteiger partial charge in [-0.1, -0.05) is 23.7 Å². The zero-order valence-electron chi connectivity index (χ0n) is 11.2.